The van der Waals surface area contributed by atoms with E-state index in [9.17, 15) is 4.79 Å². The van der Waals surface area contributed by atoms with Crippen molar-refractivity contribution in [3.05, 3.63) is 48.2 Å². The number of hydrogen-bond acceptors (Lipinski definition) is 8. The molecule has 1 aromatic carbocycles. The molecule has 0 saturated carbocycles. The van der Waals surface area contributed by atoms with E-state index in [0.29, 0.717) is 22.9 Å². The van der Waals surface area contributed by atoms with Gasteiger partial charge in [-0.2, -0.15) is 4.98 Å². The SMILES string of the molecule is COc1ccc(-c2noc(COC(=O)c3ccco3)n2)c(OC)c1. The van der Waals surface area contributed by atoms with Crippen LogP contribution in [0.1, 0.15) is 16.4 Å². The Hall–Kier alpha value is -3.29. The Kier molecular flexibility index (Phi) is 4.46. The molecule has 0 N–H and O–H groups in total. The largest absolute Gasteiger partial charge is 0.497 e. The number of aromatic nitrogens is 2. The van der Waals surface area contributed by atoms with E-state index in [2.05, 4.69) is 10.1 Å². The van der Waals surface area contributed by atoms with E-state index in [1.165, 1.54) is 19.4 Å². The highest BCUT2D eigenvalue weighted by atomic mass is 16.6. The van der Waals surface area contributed by atoms with Gasteiger partial charge in [-0.05, 0) is 24.3 Å². The van der Waals surface area contributed by atoms with Crippen molar-refractivity contribution in [1.82, 2.24) is 10.1 Å². The molecule has 8 heteroatoms. The molecule has 0 aliphatic carbocycles. The third kappa shape index (κ3) is 3.22. The Morgan fingerprint density at radius 1 is 1.21 bits per heavy atom. The maximum atomic E-state index is 11.7. The van der Waals surface area contributed by atoms with Crippen LogP contribution in [0.25, 0.3) is 11.4 Å². The van der Waals surface area contributed by atoms with Gasteiger partial charge in [-0.3, -0.25) is 0 Å². The smallest absolute Gasteiger partial charge is 0.374 e. The molecule has 0 atom stereocenters. The minimum Gasteiger partial charge on any atom is -0.497 e. The molecule has 0 radical (unpaired) electrons. The molecule has 0 spiro atoms. The molecule has 2 heterocycles. The van der Waals surface area contributed by atoms with Crippen LogP contribution in [-0.4, -0.2) is 30.3 Å². The molecular weight excluding hydrogens is 316 g/mol. The number of hydrogen-bond donors (Lipinski definition) is 0. The van der Waals surface area contributed by atoms with E-state index in [0.717, 1.165) is 0 Å². The summed E-state index contributed by atoms with van der Waals surface area (Å²) >= 11 is 0. The van der Waals surface area contributed by atoms with Gasteiger partial charge in [0.1, 0.15) is 11.5 Å². The number of carbonyl (C=O) groups is 1. The molecule has 0 unspecified atom stereocenters. The van der Waals surface area contributed by atoms with Gasteiger partial charge in [-0.1, -0.05) is 5.16 Å². The second-order valence-corrected chi connectivity index (χ2v) is 4.63. The predicted molar refractivity (Wildman–Crippen MR) is 80.7 cm³/mol. The zero-order valence-corrected chi connectivity index (χ0v) is 13.0. The lowest BCUT2D eigenvalue weighted by atomic mass is 10.2. The summed E-state index contributed by atoms with van der Waals surface area (Å²) in [7, 11) is 3.10. The van der Waals surface area contributed by atoms with Gasteiger partial charge in [0.05, 0.1) is 26.0 Å². The molecule has 24 heavy (non-hydrogen) atoms. The fourth-order valence-electron chi connectivity index (χ4n) is 2.00. The van der Waals surface area contributed by atoms with Gasteiger partial charge in [-0.25, -0.2) is 4.79 Å². The Bertz CT molecular complexity index is 825. The highest BCUT2D eigenvalue weighted by molar-refractivity contribution is 5.86. The third-order valence-corrected chi connectivity index (χ3v) is 3.17. The van der Waals surface area contributed by atoms with Crippen LogP contribution >= 0.6 is 0 Å². The van der Waals surface area contributed by atoms with Gasteiger partial charge in [0.25, 0.3) is 5.89 Å². The van der Waals surface area contributed by atoms with Crippen LogP contribution in [0.15, 0.2) is 45.5 Å². The van der Waals surface area contributed by atoms with Crippen LogP contribution in [0.4, 0.5) is 0 Å². The number of ether oxygens (including phenoxy) is 3. The van der Waals surface area contributed by atoms with E-state index in [1.54, 1.807) is 31.4 Å². The summed E-state index contributed by atoms with van der Waals surface area (Å²) in [5.41, 5.74) is 0.630. The molecule has 0 amide bonds. The van der Waals surface area contributed by atoms with E-state index < -0.39 is 5.97 Å². The number of methoxy groups -OCH3 is 2. The Morgan fingerprint density at radius 2 is 2.08 bits per heavy atom. The number of benzene rings is 1. The van der Waals surface area contributed by atoms with Crippen LogP contribution in [0.3, 0.4) is 0 Å². The van der Waals surface area contributed by atoms with Crippen molar-refractivity contribution in [1.29, 1.82) is 0 Å². The molecule has 124 valence electrons. The molecule has 0 aliphatic rings. The molecule has 0 aliphatic heterocycles. The summed E-state index contributed by atoms with van der Waals surface area (Å²) in [6.07, 6.45) is 1.39. The molecule has 0 fully saturated rings. The molecule has 0 saturated heterocycles. The van der Waals surface area contributed by atoms with E-state index in [1.807, 2.05) is 0 Å². The first kappa shape index (κ1) is 15.6. The summed E-state index contributed by atoms with van der Waals surface area (Å²) in [5.74, 6) is 1.15. The number of nitrogens with zero attached hydrogens (tertiary/aromatic N) is 2. The highest BCUT2D eigenvalue weighted by Crippen LogP contribution is 2.31. The minimum atomic E-state index is -0.609. The average Bonchev–Trinajstić information content (AvgIpc) is 3.30. The molecule has 8 nitrogen and oxygen atoms in total. The Labute approximate surface area is 136 Å². The lowest BCUT2D eigenvalue weighted by Gasteiger charge is -2.07. The summed E-state index contributed by atoms with van der Waals surface area (Å²) in [6, 6.07) is 8.31. The molecule has 2 aromatic heterocycles. The first-order chi connectivity index (χ1) is 11.7. The van der Waals surface area contributed by atoms with Gasteiger partial charge in [-0.15, -0.1) is 0 Å². The fourth-order valence-corrected chi connectivity index (χ4v) is 2.00. The standard InChI is InChI=1S/C16H14N2O6/c1-20-10-5-6-11(13(8-10)21-2)15-17-14(24-18-15)9-23-16(19)12-4-3-7-22-12/h3-8H,9H2,1-2H3. The highest BCUT2D eigenvalue weighted by Gasteiger charge is 2.16. The van der Waals surface area contributed by atoms with Crippen molar-refractivity contribution in [3.63, 3.8) is 0 Å². The lowest BCUT2D eigenvalue weighted by molar-refractivity contribution is 0.0393. The normalized spacial score (nSPS) is 10.4. The van der Waals surface area contributed by atoms with Crippen molar-refractivity contribution in [3.8, 4) is 22.9 Å². The quantitative estimate of drug-likeness (QED) is 0.636. The van der Waals surface area contributed by atoms with Gasteiger partial charge < -0.3 is 23.2 Å². The number of esters is 1. The molecule has 3 rings (SSSR count). The number of rotatable bonds is 6. The first-order valence-corrected chi connectivity index (χ1v) is 6.97. The molecule has 0 bridgehead atoms. The third-order valence-electron chi connectivity index (χ3n) is 3.17. The van der Waals surface area contributed by atoms with Crippen molar-refractivity contribution in [2.45, 2.75) is 6.61 Å². The van der Waals surface area contributed by atoms with Crippen LogP contribution < -0.4 is 9.47 Å². The Morgan fingerprint density at radius 3 is 2.79 bits per heavy atom. The van der Waals surface area contributed by atoms with E-state index in [4.69, 9.17) is 23.2 Å². The van der Waals surface area contributed by atoms with Gasteiger partial charge in [0.2, 0.25) is 11.6 Å². The van der Waals surface area contributed by atoms with E-state index >= 15 is 0 Å². The van der Waals surface area contributed by atoms with Crippen LogP contribution in [-0.2, 0) is 11.3 Å². The molecule has 3 aromatic rings. The number of furan rings is 1. The predicted octanol–water partition coefficient (Wildman–Crippen LogP) is 2.70. The van der Waals surface area contributed by atoms with Crippen molar-refractivity contribution < 1.29 is 27.9 Å². The van der Waals surface area contributed by atoms with Crippen molar-refractivity contribution in [2.24, 2.45) is 0 Å². The lowest BCUT2D eigenvalue weighted by Crippen LogP contribution is -2.04. The summed E-state index contributed by atoms with van der Waals surface area (Å²) in [6.45, 7) is -0.162. The van der Waals surface area contributed by atoms with Gasteiger partial charge in [0.15, 0.2) is 6.61 Å². The molecular formula is C16H14N2O6. The topological polar surface area (TPSA) is 96.8 Å². The second-order valence-electron chi connectivity index (χ2n) is 4.63. The van der Waals surface area contributed by atoms with Crippen LogP contribution in [0, 0.1) is 0 Å². The maximum absolute atomic E-state index is 11.7. The summed E-state index contributed by atoms with van der Waals surface area (Å²) < 4.78 is 25.5. The number of carbonyl (C=O) groups excluding carboxylic acids is 1. The van der Waals surface area contributed by atoms with Crippen molar-refractivity contribution >= 4 is 5.97 Å². The zero-order chi connectivity index (χ0) is 16.9. The van der Waals surface area contributed by atoms with Gasteiger partial charge in [0, 0.05) is 6.07 Å². The maximum Gasteiger partial charge on any atom is 0.374 e. The minimum absolute atomic E-state index is 0.103. The van der Waals surface area contributed by atoms with Gasteiger partial charge >= 0.3 is 5.97 Å². The summed E-state index contributed by atoms with van der Waals surface area (Å²) in [5, 5.41) is 3.87. The first-order valence-electron chi connectivity index (χ1n) is 6.97. The monoisotopic (exact) mass is 330 g/mol. The Balaban J connectivity index is 1.72. The van der Waals surface area contributed by atoms with Crippen molar-refractivity contribution in [2.75, 3.05) is 14.2 Å². The average molecular weight is 330 g/mol. The van der Waals surface area contributed by atoms with Crippen LogP contribution in [0.2, 0.25) is 0 Å². The summed E-state index contributed by atoms with van der Waals surface area (Å²) in [4.78, 5) is 15.9. The fraction of sp³-hybridized carbons (Fsp3) is 0.188. The van der Waals surface area contributed by atoms with Crippen LogP contribution in [0.5, 0.6) is 11.5 Å². The zero-order valence-electron chi connectivity index (χ0n) is 13.0. The second kappa shape index (κ2) is 6.86. The van der Waals surface area contributed by atoms with E-state index in [-0.39, 0.29) is 18.3 Å².